The summed E-state index contributed by atoms with van der Waals surface area (Å²) in [5, 5.41) is 21.2. The molecule has 8 nitrogen and oxygen atoms in total. The fourth-order valence-corrected chi connectivity index (χ4v) is 4.14. The number of aliphatic hydroxyl groups is 1. The van der Waals surface area contributed by atoms with Gasteiger partial charge in [-0.05, 0) is 61.8 Å². The molecule has 37 heavy (non-hydrogen) atoms. The van der Waals surface area contributed by atoms with Gasteiger partial charge >= 0.3 is 0 Å². The van der Waals surface area contributed by atoms with Crippen molar-refractivity contribution in [3.05, 3.63) is 82.7 Å². The van der Waals surface area contributed by atoms with Crippen LogP contribution < -0.4 is 14.8 Å². The quantitative estimate of drug-likeness (QED) is 0.309. The molecule has 2 N–H and O–H groups in total. The van der Waals surface area contributed by atoms with Crippen LogP contribution in [0.25, 0.3) is 11.1 Å². The number of amides is 1. The maximum Gasteiger partial charge on any atom is 0.296 e. The number of hydrogen-bond donors (Lipinski definition) is 2. The van der Waals surface area contributed by atoms with E-state index in [1.807, 2.05) is 69.3 Å². The van der Waals surface area contributed by atoms with Gasteiger partial charge in [0.1, 0.15) is 12.4 Å². The van der Waals surface area contributed by atoms with Gasteiger partial charge in [0.05, 0.1) is 19.3 Å². The van der Waals surface area contributed by atoms with Crippen molar-refractivity contribution in [2.45, 2.75) is 34.1 Å². The van der Waals surface area contributed by atoms with Gasteiger partial charge in [0.25, 0.3) is 11.1 Å². The predicted molar refractivity (Wildman–Crippen MR) is 147 cm³/mol. The van der Waals surface area contributed by atoms with Gasteiger partial charge in [-0.1, -0.05) is 54.0 Å². The van der Waals surface area contributed by atoms with Gasteiger partial charge in [0.2, 0.25) is 5.13 Å². The number of methoxy groups -OCH3 is 1. The number of hydrogen-bond acceptors (Lipinski definition) is 8. The highest BCUT2D eigenvalue weighted by Crippen LogP contribution is 2.33. The van der Waals surface area contributed by atoms with E-state index in [1.54, 1.807) is 13.3 Å². The molecule has 0 aliphatic carbocycles. The van der Waals surface area contributed by atoms with Crippen molar-refractivity contribution in [1.82, 2.24) is 15.2 Å². The minimum absolute atomic E-state index is 0.0649. The first kappa shape index (κ1) is 27.8. The molecule has 2 heterocycles. The summed E-state index contributed by atoms with van der Waals surface area (Å²) >= 11 is 1.14. The molecule has 0 atom stereocenters. The zero-order valence-electron chi connectivity index (χ0n) is 21.7. The van der Waals surface area contributed by atoms with E-state index in [-0.39, 0.29) is 19.1 Å². The number of aliphatic hydroxyl groups excluding tert-OH is 1. The highest BCUT2D eigenvalue weighted by molar-refractivity contribution is 7.17. The first-order chi connectivity index (χ1) is 17.9. The Morgan fingerprint density at radius 1 is 1.22 bits per heavy atom. The Morgan fingerprint density at radius 2 is 2.00 bits per heavy atom. The summed E-state index contributed by atoms with van der Waals surface area (Å²) in [6.07, 6.45) is 8.06. The van der Waals surface area contributed by atoms with Crippen LogP contribution in [0.1, 0.15) is 43.2 Å². The highest BCUT2D eigenvalue weighted by Gasteiger charge is 2.19. The molecule has 0 bridgehead atoms. The smallest absolute Gasteiger partial charge is 0.296 e. The van der Waals surface area contributed by atoms with Crippen LogP contribution in [0.4, 0.5) is 5.13 Å². The van der Waals surface area contributed by atoms with Crippen LogP contribution in [0.15, 0.2) is 71.5 Å². The molecule has 0 unspecified atom stereocenters. The van der Waals surface area contributed by atoms with Gasteiger partial charge in [-0.2, -0.15) is 0 Å². The molecule has 0 spiro atoms. The number of rotatable bonds is 11. The molecule has 1 aromatic carbocycles. The van der Waals surface area contributed by atoms with Gasteiger partial charge in [0.15, 0.2) is 0 Å². The van der Waals surface area contributed by atoms with Crippen LogP contribution in [0.2, 0.25) is 0 Å². The molecule has 0 fully saturated rings. The third-order valence-electron chi connectivity index (χ3n) is 5.66. The van der Waals surface area contributed by atoms with E-state index in [9.17, 15) is 9.90 Å². The topological polar surface area (TPSA) is 106 Å². The number of pyridine rings is 1. The van der Waals surface area contributed by atoms with Crippen LogP contribution in [-0.2, 0) is 0 Å². The molecule has 0 aliphatic heterocycles. The Labute approximate surface area is 221 Å². The number of nitrogens with zero attached hydrogens (tertiary/aromatic N) is 3. The summed E-state index contributed by atoms with van der Waals surface area (Å²) in [6, 6.07) is 9.37. The number of allylic oxidation sites excluding steroid dienone is 2. The lowest BCUT2D eigenvalue weighted by Gasteiger charge is -2.13. The van der Waals surface area contributed by atoms with Crippen molar-refractivity contribution in [1.29, 1.82) is 0 Å². The summed E-state index contributed by atoms with van der Waals surface area (Å²) in [4.78, 5) is 17.5. The number of para-hydroxylation sites is 1. The molecule has 2 aromatic heterocycles. The van der Waals surface area contributed by atoms with Gasteiger partial charge in [-0.15, -0.1) is 5.10 Å². The molecule has 0 aliphatic rings. The summed E-state index contributed by atoms with van der Waals surface area (Å²) in [5.41, 5.74) is 5.56. The zero-order chi connectivity index (χ0) is 26.8. The Balaban J connectivity index is 1.78. The molecule has 3 rings (SSSR count). The van der Waals surface area contributed by atoms with Crippen molar-refractivity contribution >= 4 is 22.4 Å². The number of nitrogens with one attached hydrogen (secondary N) is 1. The minimum atomic E-state index is -0.361. The first-order valence-corrected chi connectivity index (χ1v) is 12.7. The van der Waals surface area contributed by atoms with Crippen LogP contribution >= 0.6 is 11.3 Å². The zero-order valence-corrected chi connectivity index (χ0v) is 22.6. The summed E-state index contributed by atoms with van der Waals surface area (Å²) in [5.74, 6) is 0.299. The van der Waals surface area contributed by atoms with Crippen LogP contribution in [0.5, 0.6) is 10.9 Å². The summed E-state index contributed by atoms with van der Waals surface area (Å²) in [6.45, 7) is 8.07. The number of benzene rings is 1. The number of anilines is 1. The first-order valence-electron chi connectivity index (χ1n) is 11.9. The number of aryl methyl sites for hydroxylation is 1. The van der Waals surface area contributed by atoms with E-state index in [1.165, 1.54) is 0 Å². The molecule has 0 saturated carbocycles. The van der Waals surface area contributed by atoms with E-state index in [2.05, 4.69) is 27.4 Å². The van der Waals surface area contributed by atoms with Crippen LogP contribution in [0.3, 0.4) is 0 Å². The Hall–Kier alpha value is -3.82. The second kappa shape index (κ2) is 13.5. The van der Waals surface area contributed by atoms with E-state index >= 15 is 0 Å². The molecular formula is C28H32N4O4S. The normalized spacial score (nSPS) is 12.4. The number of ether oxygens (including phenoxy) is 2. The second-order valence-electron chi connectivity index (χ2n) is 8.22. The Kier molecular flexibility index (Phi) is 10.1. The van der Waals surface area contributed by atoms with Crippen molar-refractivity contribution in [3.8, 4) is 22.1 Å². The van der Waals surface area contributed by atoms with Crippen molar-refractivity contribution in [3.63, 3.8) is 0 Å². The lowest BCUT2D eigenvalue weighted by Crippen LogP contribution is -2.14. The van der Waals surface area contributed by atoms with E-state index in [4.69, 9.17) is 9.47 Å². The maximum absolute atomic E-state index is 13.2. The summed E-state index contributed by atoms with van der Waals surface area (Å²) in [7, 11) is 1.60. The average molecular weight is 521 g/mol. The third-order valence-corrected chi connectivity index (χ3v) is 6.41. The van der Waals surface area contributed by atoms with E-state index in [0.717, 1.165) is 45.7 Å². The lowest BCUT2D eigenvalue weighted by molar-refractivity contribution is 0.102. The highest BCUT2D eigenvalue weighted by atomic mass is 32.1. The SMILES string of the molecule is C\C=C/C(=C\C(COc1nnc(NC(=O)c2cnc(C)cc2-c2ccccc2OC)s1)=C(\C)CC)CO. The van der Waals surface area contributed by atoms with Crippen LogP contribution in [0, 0.1) is 6.92 Å². The van der Waals surface area contributed by atoms with E-state index in [0.29, 0.717) is 27.2 Å². The van der Waals surface area contributed by atoms with Gasteiger partial charge in [0, 0.05) is 23.0 Å². The lowest BCUT2D eigenvalue weighted by atomic mass is 9.99. The monoisotopic (exact) mass is 520 g/mol. The molecule has 9 heteroatoms. The molecule has 3 aromatic rings. The Morgan fingerprint density at radius 3 is 2.70 bits per heavy atom. The molecule has 0 radical (unpaired) electrons. The number of aromatic nitrogens is 3. The number of carbonyl (C=O) groups excluding carboxylic acids is 1. The fourth-order valence-electron chi connectivity index (χ4n) is 3.55. The summed E-state index contributed by atoms with van der Waals surface area (Å²) < 4.78 is 11.4. The molecule has 1 amide bonds. The third kappa shape index (κ3) is 7.34. The van der Waals surface area contributed by atoms with Gasteiger partial charge in [-0.3, -0.25) is 15.1 Å². The molecule has 194 valence electrons. The predicted octanol–water partition coefficient (Wildman–Crippen LogP) is 5.77. The van der Waals surface area contributed by atoms with E-state index < -0.39 is 0 Å². The van der Waals surface area contributed by atoms with Crippen molar-refractivity contribution in [2.24, 2.45) is 0 Å². The number of carbonyl (C=O) groups is 1. The van der Waals surface area contributed by atoms with Crippen molar-refractivity contribution < 1.29 is 19.4 Å². The standard InChI is InChI=1S/C28H32N4O4S/c1-6-10-20(16-33)14-21(18(3)7-2)17-36-28-32-31-27(37-28)30-26(34)24-15-29-19(4)13-23(24)22-11-8-9-12-25(22)35-5/h6,8-15,33H,7,16-17H2,1-5H3,(H,30,31,34)/b10-6-,20-14+,21-18+. The van der Waals surface area contributed by atoms with Gasteiger partial charge < -0.3 is 14.6 Å². The second-order valence-corrected chi connectivity index (χ2v) is 9.16. The molecular weight excluding hydrogens is 488 g/mol. The van der Waals surface area contributed by atoms with Gasteiger partial charge in [-0.25, -0.2) is 0 Å². The van der Waals surface area contributed by atoms with Crippen molar-refractivity contribution in [2.75, 3.05) is 25.6 Å². The average Bonchev–Trinajstić information content (AvgIpc) is 3.36. The molecule has 0 saturated heterocycles. The Bertz CT molecular complexity index is 1330. The maximum atomic E-state index is 13.2. The largest absolute Gasteiger partial charge is 0.496 e. The fraction of sp³-hybridized carbons (Fsp3) is 0.286. The minimum Gasteiger partial charge on any atom is -0.496 e. The van der Waals surface area contributed by atoms with Crippen LogP contribution in [-0.4, -0.2) is 46.5 Å².